The van der Waals surface area contributed by atoms with Gasteiger partial charge in [0.25, 0.3) is 0 Å². The number of alkyl carbamates (subject to hydrolysis) is 1. The smallest absolute Gasteiger partial charge is 0.407 e. The zero-order valence-corrected chi connectivity index (χ0v) is 26.1. The summed E-state index contributed by atoms with van der Waals surface area (Å²) in [4.78, 5) is 48.6. The van der Waals surface area contributed by atoms with Crippen molar-refractivity contribution in [1.29, 1.82) is 0 Å². The van der Waals surface area contributed by atoms with Gasteiger partial charge in [0, 0.05) is 0 Å². The largest absolute Gasteiger partial charge is 0.460 e. The predicted octanol–water partition coefficient (Wildman–Crippen LogP) is 3.72. The monoisotopic (exact) mass is 577 g/mol. The van der Waals surface area contributed by atoms with Crippen LogP contribution in [0.3, 0.4) is 0 Å². The topological polar surface area (TPSA) is 145 Å². The molecule has 0 atom stereocenters. The number of esters is 3. The van der Waals surface area contributed by atoms with Gasteiger partial charge in [0.05, 0.1) is 65.5 Å². The molecule has 1 amide bonds. The van der Waals surface area contributed by atoms with Gasteiger partial charge in [-0.2, -0.15) is 0 Å². The molecule has 0 aromatic heterocycles. The summed E-state index contributed by atoms with van der Waals surface area (Å²) in [6, 6.07) is 0. The highest BCUT2D eigenvalue weighted by Gasteiger charge is 2.35. The van der Waals surface area contributed by atoms with Gasteiger partial charge in [-0.3, -0.25) is 14.4 Å². The first-order valence-corrected chi connectivity index (χ1v) is 13.6. The first-order valence-electron chi connectivity index (χ1n) is 13.6. The van der Waals surface area contributed by atoms with E-state index < -0.39 is 46.3 Å². The van der Waals surface area contributed by atoms with Crippen molar-refractivity contribution >= 4 is 24.0 Å². The molecule has 0 saturated carbocycles. The van der Waals surface area contributed by atoms with Crippen LogP contribution in [0.15, 0.2) is 0 Å². The van der Waals surface area contributed by atoms with Gasteiger partial charge in [-0.15, -0.1) is 0 Å². The predicted molar refractivity (Wildman–Crippen MR) is 147 cm³/mol. The third kappa shape index (κ3) is 21.4. The Morgan fingerprint density at radius 1 is 0.550 bits per heavy atom. The van der Waals surface area contributed by atoms with E-state index in [1.165, 1.54) is 0 Å². The van der Waals surface area contributed by atoms with Crippen LogP contribution in [0.2, 0.25) is 0 Å². The summed E-state index contributed by atoms with van der Waals surface area (Å²) in [5.41, 5.74) is -3.15. The summed E-state index contributed by atoms with van der Waals surface area (Å²) in [6.07, 6.45) is -0.756. The van der Waals surface area contributed by atoms with Crippen molar-refractivity contribution in [3.63, 3.8) is 0 Å². The molecule has 0 heterocycles. The van der Waals surface area contributed by atoms with Crippen LogP contribution in [0.25, 0.3) is 0 Å². The van der Waals surface area contributed by atoms with Gasteiger partial charge in [-0.1, -0.05) is 0 Å². The fraction of sp³-hybridized carbons (Fsp3) is 0.857. The number of rotatable bonds is 17. The van der Waals surface area contributed by atoms with Gasteiger partial charge in [0.1, 0.15) is 22.3 Å². The Morgan fingerprint density at radius 2 is 0.850 bits per heavy atom. The molecule has 0 spiro atoms. The Morgan fingerprint density at radius 3 is 1.10 bits per heavy atom. The highest BCUT2D eigenvalue weighted by molar-refractivity contribution is 5.71. The molecular formula is C28H51NO11. The molecule has 0 aliphatic rings. The number of nitrogens with one attached hydrogen (secondary N) is 1. The SMILES string of the molecule is CCOC(=O)NC(COCCC(=O)OC(C)(C)C)(COCCC(=O)OC(C)(C)C)COCCC(=O)OC(C)(C)C. The lowest BCUT2D eigenvalue weighted by Gasteiger charge is -2.33. The highest BCUT2D eigenvalue weighted by Crippen LogP contribution is 2.14. The minimum absolute atomic E-state index is 0.00818. The molecule has 0 rings (SSSR count). The number of ether oxygens (including phenoxy) is 7. The fourth-order valence-electron chi connectivity index (χ4n) is 3.06. The van der Waals surface area contributed by atoms with E-state index in [4.69, 9.17) is 33.2 Å². The molecule has 0 aromatic carbocycles. The van der Waals surface area contributed by atoms with Gasteiger partial charge in [-0.05, 0) is 69.2 Å². The lowest BCUT2D eigenvalue weighted by molar-refractivity contribution is -0.157. The Bertz CT molecular complexity index is 703. The molecule has 234 valence electrons. The lowest BCUT2D eigenvalue weighted by Crippen LogP contribution is -2.59. The maximum absolute atomic E-state index is 12.4. The van der Waals surface area contributed by atoms with Crippen molar-refractivity contribution < 1.29 is 52.3 Å². The number of carbonyl (C=O) groups is 4. The van der Waals surface area contributed by atoms with Gasteiger partial charge in [0.2, 0.25) is 0 Å². The molecule has 0 bridgehead atoms. The molecule has 0 fully saturated rings. The summed E-state index contributed by atoms with van der Waals surface area (Å²) in [7, 11) is 0. The second-order valence-electron chi connectivity index (χ2n) is 12.3. The molecule has 12 nitrogen and oxygen atoms in total. The minimum atomic E-state index is -1.26. The number of amides is 1. The van der Waals surface area contributed by atoms with E-state index in [0.717, 1.165) is 0 Å². The molecular weight excluding hydrogens is 526 g/mol. The van der Waals surface area contributed by atoms with Crippen molar-refractivity contribution in [2.75, 3.05) is 46.2 Å². The lowest BCUT2D eigenvalue weighted by atomic mass is 10.0. The second-order valence-corrected chi connectivity index (χ2v) is 12.3. The van der Waals surface area contributed by atoms with Crippen molar-refractivity contribution in [1.82, 2.24) is 5.32 Å². The molecule has 1 N–H and O–H groups in total. The van der Waals surface area contributed by atoms with Crippen LogP contribution in [0, 0.1) is 0 Å². The summed E-state index contributed by atoms with van der Waals surface area (Å²) in [5.74, 6) is -1.30. The van der Waals surface area contributed by atoms with E-state index in [2.05, 4.69) is 5.32 Å². The zero-order chi connectivity index (χ0) is 31.0. The van der Waals surface area contributed by atoms with Crippen LogP contribution in [0.1, 0.15) is 88.5 Å². The average molecular weight is 578 g/mol. The third-order valence-corrected chi connectivity index (χ3v) is 4.39. The standard InChI is InChI=1S/C28H51NO11/c1-11-37-24(33)29-28(18-34-15-12-21(30)38-25(2,3)4,19-35-16-13-22(31)39-26(5,6)7)20-36-17-14-23(32)40-27(8,9)10/h11-20H2,1-10H3,(H,29,33). The van der Waals surface area contributed by atoms with E-state index in [-0.39, 0.29) is 65.5 Å². The molecule has 0 aliphatic heterocycles. The highest BCUT2D eigenvalue weighted by atomic mass is 16.6. The molecule has 0 unspecified atom stereocenters. The normalized spacial score (nSPS) is 12.4. The van der Waals surface area contributed by atoms with Crippen LogP contribution in [-0.2, 0) is 47.5 Å². The maximum atomic E-state index is 12.4. The number of hydrogen-bond acceptors (Lipinski definition) is 11. The van der Waals surface area contributed by atoms with Gasteiger partial charge in [0.15, 0.2) is 0 Å². The first-order chi connectivity index (χ1) is 18.3. The Balaban J connectivity index is 5.39. The van der Waals surface area contributed by atoms with Crippen LogP contribution in [0.4, 0.5) is 4.79 Å². The molecule has 0 aliphatic carbocycles. The molecule has 0 aromatic rings. The molecule has 0 radical (unpaired) electrons. The number of carbonyl (C=O) groups excluding carboxylic acids is 4. The van der Waals surface area contributed by atoms with Gasteiger partial charge >= 0.3 is 24.0 Å². The van der Waals surface area contributed by atoms with Crippen LogP contribution in [0.5, 0.6) is 0 Å². The van der Waals surface area contributed by atoms with Crippen molar-refractivity contribution in [3.8, 4) is 0 Å². The van der Waals surface area contributed by atoms with Gasteiger partial charge in [-0.25, -0.2) is 4.79 Å². The molecule has 40 heavy (non-hydrogen) atoms. The second kappa shape index (κ2) is 17.4. The summed E-state index contributed by atoms with van der Waals surface area (Å²) in [6.45, 7) is 17.4. The summed E-state index contributed by atoms with van der Waals surface area (Å²) < 4.78 is 38.1. The Kier molecular flexibility index (Phi) is 16.3. The van der Waals surface area contributed by atoms with E-state index in [0.29, 0.717) is 0 Å². The molecule has 12 heteroatoms. The third-order valence-electron chi connectivity index (χ3n) is 4.39. The van der Waals surface area contributed by atoms with Crippen molar-refractivity contribution in [3.05, 3.63) is 0 Å². The van der Waals surface area contributed by atoms with E-state index >= 15 is 0 Å². The maximum Gasteiger partial charge on any atom is 0.407 e. The first kappa shape index (κ1) is 37.6. The minimum Gasteiger partial charge on any atom is -0.460 e. The van der Waals surface area contributed by atoms with Crippen LogP contribution < -0.4 is 5.32 Å². The summed E-state index contributed by atoms with van der Waals surface area (Å²) >= 11 is 0. The van der Waals surface area contributed by atoms with E-state index in [1.54, 1.807) is 69.2 Å². The van der Waals surface area contributed by atoms with E-state index in [1.807, 2.05) is 0 Å². The van der Waals surface area contributed by atoms with Crippen LogP contribution >= 0.6 is 0 Å². The van der Waals surface area contributed by atoms with Crippen molar-refractivity contribution in [2.45, 2.75) is 111 Å². The Labute approximate surface area is 239 Å². The van der Waals surface area contributed by atoms with Gasteiger partial charge < -0.3 is 38.5 Å². The molecule has 0 saturated heterocycles. The van der Waals surface area contributed by atoms with E-state index in [9.17, 15) is 19.2 Å². The summed E-state index contributed by atoms with van der Waals surface area (Å²) in [5, 5.41) is 2.73. The quantitative estimate of drug-likeness (QED) is 0.153. The average Bonchev–Trinajstić information content (AvgIpc) is 2.74. The van der Waals surface area contributed by atoms with Crippen LogP contribution in [-0.4, -0.2) is 92.6 Å². The number of hydrogen-bond donors (Lipinski definition) is 1. The van der Waals surface area contributed by atoms with Crippen molar-refractivity contribution in [2.24, 2.45) is 0 Å². The zero-order valence-electron chi connectivity index (χ0n) is 26.1. The fourth-order valence-corrected chi connectivity index (χ4v) is 3.06. The Hall–Kier alpha value is -2.44.